The Labute approximate surface area is 110 Å². The molecule has 1 aromatic rings. The van der Waals surface area contributed by atoms with Crippen LogP contribution in [0.25, 0.3) is 0 Å². The van der Waals surface area contributed by atoms with E-state index >= 15 is 0 Å². The van der Waals surface area contributed by atoms with Crippen LogP contribution in [0.15, 0.2) is 24.3 Å². The van der Waals surface area contributed by atoms with Gasteiger partial charge in [-0.25, -0.2) is 4.79 Å². The van der Waals surface area contributed by atoms with E-state index in [0.717, 1.165) is 12.8 Å². The second kappa shape index (κ2) is 5.40. The zero-order chi connectivity index (χ0) is 13.1. The van der Waals surface area contributed by atoms with E-state index in [1.54, 1.807) is 24.3 Å². The first-order valence-electron chi connectivity index (χ1n) is 5.86. The minimum absolute atomic E-state index is 0.307. The number of carboxylic acid groups (broad SMARTS) is 1. The highest BCUT2D eigenvalue weighted by Gasteiger charge is 2.30. The number of hydrogen-bond donors (Lipinski definition) is 2. The standard InChI is InChI=1S/C13H14ClNO3/c14-10-4-2-1-3-9(10)12(16)15-11(13(17)18)7-8-5-6-8/h1-4,8,11H,5-7H2,(H,15,16)(H,17,18)/t11-/m1/s1. The lowest BCUT2D eigenvalue weighted by Gasteiger charge is -2.14. The van der Waals surface area contributed by atoms with Gasteiger partial charge < -0.3 is 10.4 Å². The molecule has 0 bridgehead atoms. The Balaban J connectivity index is 2.04. The summed E-state index contributed by atoms with van der Waals surface area (Å²) < 4.78 is 0. The Morgan fingerprint density at radius 1 is 1.39 bits per heavy atom. The summed E-state index contributed by atoms with van der Waals surface area (Å²) in [5, 5.41) is 11.9. The number of benzene rings is 1. The van der Waals surface area contributed by atoms with Crippen molar-refractivity contribution in [3.8, 4) is 0 Å². The van der Waals surface area contributed by atoms with E-state index in [0.29, 0.717) is 22.9 Å². The van der Waals surface area contributed by atoms with Gasteiger partial charge in [-0.05, 0) is 24.5 Å². The molecule has 0 heterocycles. The maximum atomic E-state index is 11.9. The summed E-state index contributed by atoms with van der Waals surface area (Å²) >= 11 is 5.89. The van der Waals surface area contributed by atoms with E-state index in [4.69, 9.17) is 16.7 Å². The summed E-state index contributed by atoms with van der Waals surface area (Å²) in [5.41, 5.74) is 0.307. The van der Waals surface area contributed by atoms with Crippen molar-refractivity contribution < 1.29 is 14.7 Å². The molecule has 0 radical (unpaired) electrons. The molecule has 2 rings (SSSR count). The molecule has 4 nitrogen and oxygen atoms in total. The van der Waals surface area contributed by atoms with Gasteiger partial charge in [0.25, 0.3) is 5.91 Å². The van der Waals surface area contributed by atoms with Crippen LogP contribution in [-0.2, 0) is 4.79 Å². The molecule has 0 saturated heterocycles. The zero-order valence-corrected chi connectivity index (χ0v) is 10.5. The smallest absolute Gasteiger partial charge is 0.326 e. The average Bonchev–Trinajstić information content (AvgIpc) is 3.12. The van der Waals surface area contributed by atoms with Gasteiger partial charge in [-0.1, -0.05) is 36.6 Å². The maximum Gasteiger partial charge on any atom is 0.326 e. The van der Waals surface area contributed by atoms with Crippen LogP contribution in [0.4, 0.5) is 0 Å². The molecule has 0 spiro atoms. The van der Waals surface area contributed by atoms with E-state index in [1.165, 1.54) is 0 Å². The minimum Gasteiger partial charge on any atom is -0.480 e. The molecule has 0 aliphatic heterocycles. The molecule has 0 unspecified atom stereocenters. The predicted octanol–water partition coefficient (Wildman–Crippen LogP) is 2.32. The molecule has 1 aliphatic carbocycles. The lowest BCUT2D eigenvalue weighted by atomic mass is 10.1. The summed E-state index contributed by atoms with van der Waals surface area (Å²) in [5.74, 6) is -1.01. The van der Waals surface area contributed by atoms with Crippen molar-refractivity contribution in [1.82, 2.24) is 5.32 Å². The summed E-state index contributed by atoms with van der Waals surface area (Å²) in [6.45, 7) is 0. The van der Waals surface area contributed by atoms with E-state index < -0.39 is 17.9 Å². The van der Waals surface area contributed by atoms with Crippen molar-refractivity contribution in [1.29, 1.82) is 0 Å². The van der Waals surface area contributed by atoms with E-state index in [1.807, 2.05) is 0 Å². The topological polar surface area (TPSA) is 66.4 Å². The number of nitrogens with one attached hydrogen (secondary N) is 1. The van der Waals surface area contributed by atoms with Gasteiger partial charge in [-0.3, -0.25) is 4.79 Å². The third kappa shape index (κ3) is 3.23. The monoisotopic (exact) mass is 267 g/mol. The third-order valence-corrected chi connectivity index (χ3v) is 3.32. The highest BCUT2D eigenvalue weighted by molar-refractivity contribution is 6.33. The van der Waals surface area contributed by atoms with Gasteiger partial charge >= 0.3 is 5.97 Å². The number of carboxylic acids is 1. The Morgan fingerprint density at radius 2 is 2.06 bits per heavy atom. The molecule has 1 aromatic carbocycles. The number of rotatable bonds is 5. The Morgan fingerprint density at radius 3 is 2.61 bits per heavy atom. The summed E-state index contributed by atoms with van der Waals surface area (Å²) in [7, 11) is 0. The molecule has 1 amide bonds. The molecule has 1 fully saturated rings. The molecular formula is C13H14ClNO3. The first-order valence-corrected chi connectivity index (χ1v) is 6.24. The molecule has 5 heteroatoms. The Bertz CT molecular complexity index is 471. The van der Waals surface area contributed by atoms with Crippen LogP contribution in [0, 0.1) is 5.92 Å². The highest BCUT2D eigenvalue weighted by Crippen LogP contribution is 2.33. The Kier molecular flexibility index (Phi) is 3.87. The first-order chi connectivity index (χ1) is 8.58. The number of carbonyl (C=O) groups excluding carboxylic acids is 1. The fourth-order valence-corrected chi connectivity index (χ4v) is 2.01. The van der Waals surface area contributed by atoms with Crippen LogP contribution in [0.2, 0.25) is 5.02 Å². The van der Waals surface area contributed by atoms with Crippen LogP contribution in [0.3, 0.4) is 0 Å². The molecule has 1 saturated carbocycles. The molecule has 1 aliphatic rings. The fraction of sp³-hybridized carbons (Fsp3) is 0.385. The van der Waals surface area contributed by atoms with Gasteiger partial charge in [-0.15, -0.1) is 0 Å². The molecular weight excluding hydrogens is 254 g/mol. The first kappa shape index (κ1) is 12.9. The largest absolute Gasteiger partial charge is 0.480 e. The van der Waals surface area contributed by atoms with Gasteiger partial charge in [0, 0.05) is 0 Å². The lowest BCUT2D eigenvalue weighted by Crippen LogP contribution is -2.41. The van der Waals surface area contributed by atoms with Crippen LogP contribution >= 0.6 is 11.6 Å². The van der Waals surface area contributed by atoms with Crippen molar-refractivity contribution in [3.05, 3.63) is 34.9 Å². The quantitative estimate of drug-likeness (QED) is 0.860. The fourth-order valence-electron chi connectivity index (χ4n) is 1.79. The maximum absolute atomic E-state index is 11.9. The minimum atomic E-state index is -0.998. The molecule has 2 N–H and O–H groups in total. The van der Waals surface area contributed by atoms with Crippen molar-refractivity contribution in [3.63, 3.8) is 0 Å². The van der Waals surface area contributed by atoms with Gasteiger partial charge in [0.15, 0.2) is 0 Å². The van der Waals surface area contributed by atoms with E-state index in [9.17, 15) is 9.59 Å². The summed E-state index contributed by atoms with van der Waals surface area (Å²) in [6.07, 6.45) is 2.59. The highest BCUT2D eigenvalue weighted by atomic mass is 35.5. The lowest BCUT2D eigenvalue weighted by molar-refractivity contribution is -0.139. The molecule has 18 heavy (non-hydrogen) atoms. The van der Waals surface area contributed by atoms with Crippen LogP contribution in [0.1, 0.15) is 29.6 Å². The van der Waals surface area contributed by atoms with E-state index in [-0.39, 0.29) is 0 Å². The Hall–Kier alpha value is -1.55. The summed E-state index contributed by atoms with van der Waals surface area (Å²) in [4.78, 5) is 23.0. The van der Waals surface area contributed by atoms with Crippen molar-refractivity contribution in [2.75, 3.05) is 0 Å². The SMILES string of the molecule is O=C(N[C@H](CC1CC1)C(=O)O)c1ccccc1Cl. The van der Waals surface area contributed by atoms with Crippen molar-refractivity contribution in [2.24, 2.45) is 5.92 Å². The second-order valence-corrected chi connectivity index (χ2v) is 4.93. The third-order valence-electron chi connectivity index (χ3n) is 2.99. The van der Waals surface area contributed by atoms with Crippen LogP contribution < -0.4 is 5.32 Å². The summed E-state index contributed by atoms with van der Waals surface area (Å²) in [6, 6.07) is 5.76. The molecule has 96 valence electrons. The number of halogens is 1. The number of carbonyl (C=O) groups is 2. The number of hydrogen-bond acceptors (Lipinski definition) is 2. The van der Waals surface area contributed by atoms with Crippen molar-refractivity contribution >= 4 is 23.5 Å². The number of amides is 1. The molecule has 1 atom stereocenters. The normalized spacial score (nSPS) is 16.1. The van der Waals surface area contributed by atoms with Crippen molar-refractivity contribution in [2.45, 2.75) is 25.3 Å². The van der Waals surface area contributed by atoms with Gasteiger partial charge in [0.05, 0.1) is 10.6 Å². The van der Waals surface area contributed by atoms with Gasteiger partial charge in [0.2, 0.25) is 0 Å². The zero-order valence-electron chi connectivity index (χ0n) is 9.73. The van der Waals surface area contributed by atoms with Crippen LogP contribution in [-0.4, -0.2) is 23.0 Å². The second-order valence-electron chi connectivity index (χ2n) is 4.52. The van der Waals surface area contributed by atoms with Gasteiger partial charge in [0.1, 0.15) is 6.04 Å². The predicted molar refractivity (Wildman–Crippen MR) is 67.7 cm³/mol. The average molecular weight is 268 g/mol. The number of aliphatic carboxylic acids is 1. The van der Waals surface area contributed by atoms with Gasteiger partial charge in [-0.2, -0.15) is 0 Å². The molecule has 0 aromatic heterocycles. The van der Waals surface area contributed by atoms with Crippen LogP contribution in [0.5, 0.6) is 0 Å². The van der Waals surface area contributed by atoms with E-state index in [2.05, 4.69) is 5.32 Å².